The Bertz CT molecular complexity index is 366. The van der Waals surface area contributed by atoms with Crippen LogP contribution in [0.3, 0.4) is 0 Å². The Kier molecular flexibility index (Phi) is 12.2. The molecule has 3 heteroatoms. The Morgan fingerprint density at radius 1 is 0.920 bits per heavy atom. The van der Waals surface area contributed by atoms with Crippen LogP contribution >= 0.6 is 0 Å². The molecular formula is C22H43NOSn. The summed E-state index contributed by atoms with van der Waals surface area (Å²) in [6.45, 7) is 11.2. The van der Waals surface area contributed by atoms with Crippen LogP contribution in [0.15, 0.2) is 12.2 Å². The van der Waals surface area contributed by atoms with Crippen molar-refractivity contribution in [1.82, 2.24) is 5.32 Å². The van der Waals surface area contributed by atoms with Crippen LogP contribution in [0.2, 0.25) is 17.7 Å². The molecule has 1 fully saturated rings. The van der Waals surface area contributed by atoms with Gasteiger partial charge in [0.25, 0.3) is 0 Å². The zero-order valence-electron chi connectivity index (χ0n) is 17.3. The van der Waals surface area contributed by atoms with E-state index in [4.69, 9.17) is 0 Å². The summed E-state index contributed by atoms with van der Waals surface area (Å²) in [5.41, 5.74) is 0.921. The molecule has 0 saturated heterocycles. The zero-order chi connectivity index (χ0) is 18.5. The molecule has 1 amide bonds. The van der Waals surface area contributed by atoms with E-state index >= 15 is 0 Å². The monoisotopic (exact) mass is 457 g/mol. The molecule has 1 aliphatic carbocycles. The molecule has 1 N–H and O–H groups in total. The Balaban J connectivity index is 2.70. The topological polar surface area (TPSA) is 29.1 Å². The number of unbranched alkanes of at least 4 members (excludes halogenated alkanes) is 3. The first-order valence-corrected chi connectivity index (χ1v) is 19.1. The molecule has 1 saturated carbocycles. The second-order valence-corrected chi connectivity index (χ2v) is 22.3. The van der Waals surface area contributed by atoms with Crippen LogP contribution in [0.4, 0.5) is 0 Å². The molecule has 0 radical (unpaired) electrons. The summed E-state index contributed by atoms with van der Waals surface area (Å²) in [4.78, 5) is 12.7. The van der Waals surface area contributed by atoms with Crippen molar-refractivity contribution in [3.05, 3.63) is 12.2 Å². The number of nitrogens with one attached hydrogen (secondary N) is 1. The minimum atomic E-state index is -2.28. The van der Waals surface area contributed by atoms with Gasteiger partial charge in [0, 0.05) is 0 Å². The van der Waals surface area contributed by atoms with Gasteiger partial charge in [-0.25, -0.2) is 0 Å². The number of carbonyl (C=O) groups excluding carboxylic acids is 1. The molecule has 0 aliphatic heterocycles. The predicted octanol–water partition coefficient (Wildman–Crippen LogP) is 6.84. The van der Waals surface area contributed by atoms with Crippen molar-refractivity contribution >= 4 is 24.3 Å². The summed E-state index contributed by atoms with van der Waals surface area (Å²) in [6, 6.07) is 0.407. The first-order chi connectivity index (χ1) is 12.1. The maximum atomic E-state index is 12.7. The molecule has 0 aromatic carbocycles. The van der Waals surface area contributed by atoms with Crippen molar-refractivity contribution < 1.29 is 4.79 Å². The van der Waals surface area contributed by atoms with Gasteiger partial charge in [-0.1, -0.05) is 0 Å². The first-order valence-electron chi connectivity index (χ1n) is 11.1. The molecular weight excluding hydrogens is 413 g/mol. The molecule has 25 heavy (non-hydrogen) atoms. The van der Waals surface area contributed by atoms with E-state index in [9.17, 15) is 4.79 Å². The van der Waals surface area contributed by atoms with Gasteiger partial charge in [0.2, 0.25) is 0 Å². The van der Waals surface area contributed by atoms with Crippen LogP contribution in [-0.2, 0) is 4.79 Å². The number of carbonyl (C=O) groups is 1. The predicted molar refractivity (Wildman–Crippen MR) is 114 cm³/mol. The Morgan fingerprint density at radius 3 is 1.84 bits per heavy atom. The van der Waals surface area contributed by atoms with E-state index in [2.05, 4.69) is 32.7 Å². The SMILES string of the molecule is C=C([CH2][Sn]([CH2]CCC)([CH2]CCC)[CH2]CCC)C(=O)NC1CCCCC1. The molecule has 0 bridgehead atoms. The molecule has 0 aromatic rings. The van der Waals surface area contributed by atoms with Crippen molar-refractivity contribution in [2.45, 2.75) is 115 Å². The maximum absolute atomic E-state index is 12.7. The van der Waals surface area contributed by atoms with Gasteiger partial charge in [-0.3, -0.25) is 0 Å². The van der Waals surface area contributed by atoms with Crippen molar-refractivity contribution in [2.24, 2.45) is 0 Å². The summed E-state index contributed by atoms with van der Waals surface area (Å²) in [5.74, 6) is 0.178. The first kappa shape index (κ1) is 23.0. The molecule has 0 heterocycles. The standard InChI is InChI=1S/C10H16NO.3C4H9.Sn/c1-8(2)10(12)11-9-6-4-3-5-7-9;3*1-3-4-2;/h9H,1-7H2,(H,11,12);3*1,3-4H2,2H3;. The molecule has 0 spiro atoms. The Labute approximate surface area is 161 Å². The summed E-state index contributed by atoms with van der Waals surface area (Å²) in [5, 5.41) is 3.30. The van der Waals surface area contributed by atoms with Gasteiger partial charge >= 0.3 is 162 Å². The number of amides is 1. The van der Waals surface area contributed by atoms with Gasteiger partial charge in [0.1, 0.15) is 0 Å². The summed E-state index contributed by atoms with van der Waals surface area (Å²) in [6.07, 6.45) is 14.1. The fraction of sp³-hybridized carbons (Fsp3) is 0.864. The molecule has 0 unspecified atom stereocenters. The molecule has 146 valence electrons. The normalized spacial score (nSPS) is 16.0. The summed E-state index contributed by atoms with van der Waals surface area (Å²) >= 11 is -2.28. The second kappa shape index (κ2) is 13.2. The minimum absolute atomic E-state index is 0.178. The molecule has 2 nitrogen and oxygen atoms in total. The average molecular weight is 456 g/mol. The Morgan fingerprint density at radius 2 is 1.40 bits per heavy atom. The van der Waals surface area contributed by atoms with Crippen molar-refractivity contribution in [2.75, 3.05) is 0 Å². The number of rotatable bonds is 13. The van der Waals surface area contributed by atoms with Crippen LogP contribution in [0.1, 0.15) is 91.4 Å². The van der Waals surface area contributed by atoms with Crippen LogP contribution in [0.5, 0.6) is 0 Å². The fourth-order valence-electron chi connectivity index (χ4n) is 4.36. The average Bonchev–Trinajstić information content (AvgIpc) is 2.63. The third-order valence-electron chi connectivity index (χ3n) is 6.03. The zero-order valence-corrected chi connectivity index (χ0v) is 20.2. The van der Waals surface area contributed by atoms with E-state index in [1.54, 1.807) is 0 Å². The van der Waals surface area contributed by atoms with Crippen LogP contribution in [-0.4, -0.2) is 30.3 Å². The van der Waals surface area contributed by atoms with Gasteiger partial charge in [-0.15, -0.1) is 0 Å². The van der Waals surface area contributed by atoms with Gasteiger partial charge in [-0.2, -0.15) is 0 Å². The van der Waals surface area contributed by atoms with Gasteiger partial charge in [0.05, 0.1) is 0 Å². The van der Waals surface area contributed by atoms with E-state index in [0.717, 1.165) is 22.9 Å². The quantitative estimate of drug-likeness (QED) is 0.239. The van der Waals surface area contributed by atoms with E-state index in [0.29, 0.717) is 6.04 Å². The van der Waals surface area contributed by atoms with E-state index < -0.39 is 18.4 Å². The fourth-order valence-corrected chi connectivity index (χ4v) is 20.5. The van der Waals surface area contributed by atoms with Gasteiger partial charge < -0.3 is 0 Å². The van der Waals surface area contributed by atoms with Crippen molar-refractivity contribution in [1.29, 1.82) is 0 Å². The van der Waals surface area contributed by atoms with Gasteiger partial charge in [-0.05, 0) is 0 Å². The number of hydrogen-bond donors (Lipinski definition) is 1. The van der Waals surface area contributed by atoms with Crippen LogP contribution in [0.25, 0.3) is 0 Å². The van der Waals surface area contributed by atoms with Crippen LogP contribution in [0, 0.1) is 0 Å². The summed E-state index contributed by atoms with van der Waals surface area (Å²) in [7, 11) is 0. The summed E-state index contributed by atoms with van der Waals surface area (Å²) < 4.78 is 5.48. The third kappa shape index (κ3) is 8.97. The van der Waals surface area contributed by atoms with E-state index in [1.165, 1.54) is 71.1 Å². The van der Waals surface area contributed by atoms with Gasteiger partial charge in [0.15, 0.2) is 0 Å². The Hall–Kier alpha value is 0.00870. The van der Waals surface area contributed by atoms with E-state index in [-0.39, 0.29) is 5.91 Å². The third-order valence-corrected chi connectivity index (χ3v) is 21.5. The second-order valence-electron chi connectivity index (χ2n) is 8.40. The molecule has 1 aliphatic rings. The molecule has 1 rings (SSSR count). The molecule has 0 aromatic heterocycles. The molecule has 0 atom stereocenters. The van der Waals surface area contributed by atoms with E-state index in [1.807, 2.05) is 0 Å². The van der Waals surface area contributed by atoms with Crippen LogP contribution < -0.4 is 5.32 Å². The van der Waals surface area contributed by atoms with Crippen molar-refractivity contribution in [3.8, 4) is 0 Å². The van der Waals surface area contributed by atoms with Crippen molar-refractivity contribution in [3.63, 3.8) is 0 Å². The number of hydrogen-bond acceptors (Lipinski definition) is 1.